The van der Waals surface area contributed by atoms with Crippen LogP contribution in [0.4, 0.5) is 0 Å². The minimum atomic E-state index is 0.324. The second-order valence-corrected chi connectivity index (χ2v) is 8.27. The number of hydrogen-bond acceptors (Lipinski definition) is 3. The van der Waals surface area contributed by atoms with Crippen molar-refractivity contribution in [1.29, 1.82) is 0 Å². The topological polar surface area (TPSA) is 66.0 Å². The van der Waals surface area contributed by atoms with Crippen LogP contribution < -0.4 is 10.6 Å². The van der Waals surface area contributed by atoms with E-state index in [1.807, 2.05) is 4.90 Å². The number of aliphatic imine (C=N–C) groups is 1. The van der Waals surface area contributed by atoms with Crippen LogP contribution >= 0.6 is 0 Å². The van der Waals surface area contributed by atoms with Crippen molar-refractivity contribution in [1.82, 2.24) is 15.5 Å². The van der Waals surface area contributed by atoms with Gasteiger partial charge in [-0.3, -0.25) is 9.79 Å². The van der Waals surface area contributed by atoms with Crippen LogP contribution in [0.15, 0.2) is 4.99 Å². The predicted molar refractivity (Wildman–Crippen MR) is 109 cm³/mol. The van der Waals surface area contributed by atoms with Crippen LogP contribution in [-0.4, -0.2) is 61.7 Å². The van der Waals surface area contributed by atoms with Crippen LogP contribution in [0.1, 0.15) is 71.6 Å². The molecule has 3 aliphatic rings. The summed E-state index contributed by atoms with van der Waals surface area (Å²) < 4.78 is 5.96. The molecule has 2 unspecified atom stereocenters. The molecule has 6 nitrogen and oxygen atoms in total. The number of carbonyl (C=O) groups is 1. The molecular weight excluding hydrogens is 340 g/mol. The quantitative estimate of drug-likeness (QED) is 0.387. The molecule has 2 saturated carbocycles. The van der Waals surface area contributed by atoms with Gasteiger partial charge in [0.15, 0.2) is 5.96 Å². The lowest BCUT2D eigenvalue weighted by Crippen LogP contribution is -2.68. The molecule has 2 N–H and O–H groups in total. The third-order valence-electron chi connectivity index (χ3n) is 6.62. The van der Waals surface area contributed by atoms with Crippen molar-refractivity contribution in [2.75, 3.05) is 32.8 Å². The van der Waals surface area contributed by atoms with Gasteiger partial charge in [-0.25, -0.2) is 0 Å². The number of amides is 1. The Kier molecular flexibility index (Phi) is 7.39. The highest BCUT2D eigenvalue weighted by molar-refractivity contribution is 5.80. The molecule has 3 fully saturated rings. The molecule has 1 aliphatic heterocycles. The molecule has 0 aromatic rings. The Hall–Kier alpha value is -1.30. The lowest BCUT2D eigenvalue weighted by molar-refractivity contribution is -0.168. The lowest BCUT2D eigenvalue weighted by atomic mass is 9.51. The summed E-state index contributed by atoms with van der Waals surface area (Å²) in [6.07, 6.45) is 10.4. The van der Waals surface area contributed by atoms with E-state index >= 15 is 0 Å². The average molecular weight is 379 g/mol. The maximum atomic E-state index is 12.1. The first-order chi connectivity index (χ1) is 13.2. The maximum absolute atomic E-state index is 12.1. The highest BCUT2D eigenvalue weighted by atomic mass is 16.5. The molecule has 0 aromatic heterocycles. The van der Waals surface area contributed by atoms with E-state index in [1.165, 1.54) is 25.7 Å². The van der Waals surface area contributed by atoms with E-state index in [0.717, 1.165) is 70.8 Å². The second kappa shape index (κ2) is 9.76. The van der Waals surface area contributed by atoms with E-state index in [1.54, 1.807) is 0 Å². The number of nitrogens with one attached hydrogen (secondary N) is 2. The molecule has 2 atom stereocenters. The van der Waals surface area contributed by atoms with Gasteiger partial charge in [-0.2, -0.15) is 0 Å². The molecule has 0 bridgehead atoms. The van der Waals surface area contributed by atoms with Gasteiger partial charge in [0.05, 0.1) is 6.10 Å². The standard InChI is InChI=1S/C21H38N4O2/c1-3-22-20(23-13-9-15-25-14-7-5-6-10-19(25)26)24-17-16-18(27-4-2)21(17)11-8-12-21/h17-18H,3-16H2,1-2H3,(H2,22,23,24). The van der Waals surface area contributed by atoms with Gasteiger partial charge in [0.1, 0.15) is 0 Å². The molecule has 0 radical (unpaired) electrons. The largest absolute Gasteiger partial charge is 0.378 e. The Morgan fingerprint density at radius 2 is 2.11 bits per heavy atom. The Morgan fingerprint density at radius 1 is 1.26 bits per heavy atom. The fraction of sp³-hybridized carbons (Fsp3) is 0.905. The van der Waals surface area contributed by atoms with Crippen LogP contribution in [0.2, 0.25) is 0 Å². The van der Waals surface area contributed by atoms with Crippen LogP contribution in [-0.2, 0) is 9.53 Å². The van der Waals surface area contributed by atoms with E-state index in [2.05, 4.69) is 24.5 Å². The fourth-order valence-corrected chi connectivity index (χ4v) is 4.85. The molecular formula is C21H38N4O2. The first-order valence-electron chi connectivity index (χ1n) is 11.1. The smallest absolute Gasteiger partial charge is 0.222 e. The summed E-state index contributed by atoms with van der Waals surface area (Å²) in [5, 5.41) is 7.06. The van der Waals surface area contributed by atoms with Crippen molar-refractivity contribution in [2.24, 2.45) is 10.4 Å². The number of ether oxygens (including phenoxy) is 1. The Labute approximate surface area is 164 Å². The Balaban J connectivity index is 1.46. The minimum absolute atomic E-state index is 0.324. The second-order valence-electron chi connectivity index (χ2n) is 8.27. The van der Waals surface area contributed by atoms with E-state index in [9.17, 15) is 4.79 Å². The summed E-state index contributed by atoms with van der Waals surface area (Å²) in [5.41, 5.74) is 0.338. The zero-order chi connectivity index (χ0) is 19.1. The molecule has 1 spiro atoms. The van der Waals surface area contributed by atoms with Gasteiger partial charge in [0, 0.05) is 50.7 Å². The van der Waals surface area contributed by atoms with Crippen LogP contribution in [0.25, 0.3) is 0 Å². The molecule has 3 rings (SSSR count). The average Bonchev–Trinajstić information content (AvgIpc) is 2.80. The fourth-order valence-electron chi connectivity index (χ4n) is 4.85. The van der Waals surface area contributed by atoms with E-state index < -0.39 is 0 Å². The first-order valence-corrected chi connectivity index (χ1v) is 11.1. The van der Waals surface area contributed by atoms with Crippen molar-refractivity contribution >= 4 is 11.9 Å². The van der Waals surface area contributed by atoms with Crippen molar-refractivity contribution in [3.63, 3.8) is 0 Å². The van der Waals surface area contributed by atoms with Crippen molar-refractivity contribution < 1.29 is 9.53 Å². The summed E-state index contributed by atoms with van der Waals surface area (Å²) in [4.78, 5) is 18.9. The molecule has 6 heteroatoms. The maximum Gasteiger partial charge on any atom is 0.222 e. The van der Waals surface area contributed by atoms with Gasteiger partial charge in [-0.15, -0.1) is 0 Å². The monoisotopic (exact) mass is 378 g/mol. The van der Waals surface area contributed by atoms with Crippen molar-refractivity contribution in [3.8, 4) is 0 Å². The third-order valence-corrected chi connectivity index (χ3v) is 6.62. The zero-order valence-corrected chi connectivity index (χ0v) is 17.3. The first kappa shape index (κ1) is 20.4. The molecule has 1 saturated heterocycles. The number of guanidine groups is 1. The molecule has 27 heavy (non-hydrogen) atoms. The van der Waals surface area contributed by atoms with Crippen LogP contribution in [0, 0.1) is 5.41 Å². The number of hydrogen-bond donors (Lipinski definition) is 2. The Bertz CT molecular complexity index is 518. The summed E-state index contributed by atoms with van der Waals surface area (Å²) in [7, 11) is 0. The van der Waals surface area contributed by atoms with Gasteiger partial charge >= 0.3 is 0 Å². The number of rotatable bonds is 8. The number of carbonyl (C=O) groups excluding carboxylic acids is 1. The highest BCUT2D eigenvalue weighted by Gasteiger charge is 2.59. The van der Waals surface area contributed by atoms with Gasteiger partial charge in [0.2, 0.25) is 5.91 Å². The molecule has 1 heterocycles. The Morgan fingerprint density at radius 3 is 2.81 bits per heavy atom. The van der Waals surface area contributed by atoms with Gasteiger partial charge in [-0.1, -0.05) is 12.8 Å². The lowest BCUT2D eigenvalue weighted by Gasteiger charge is -2.61. The van der Waals surface area contributed by atoms with Crippen LogP contribution in [0.3, 0.4) is 0 Å². The highest BCUT2D eigenvalue weighted by Crippen LogP contribution is 2.57. The van der Waals surface area contributed by atoms with Gasteiger partial charge < -0.3 is 20.3 Å². The summed E-state index contributed by atoms with van der Waals surface area (Å²) in [5.74, 6) is 1.25. The van der Waals surface area contributed by atoms with Gasteiger partial charge in [0.25, 0.3) is 0 Å². The minimum Gasteiger partial charge on any atom is -0.378 e. The molecule has 2 aliphatic carbocycles. The van der Waals surface area contributed by atoms with Crippen LogP contribution in [0.5, 0.6) is 0 Å². The van der Waals surface area contributed by atoms with E-state index in [-0.39, 0.29) is 0 Å². The van der Waals surface area contributed by atoms with E-state index in [4.69, 9.17) is 9.73 Å². The molecule has 1 amide bonds. The summed E-state index contributed by atoms with van der Waals surface area (Å²) in [6, 6.07) is 0.479. The predicted octanol–water partition coefficient (Wildman–Crippen LogP) is 2.68. The molecule has 0 aromatic carbocycles. The normalized spacial score (nSPS) is 27.7. The van der Waals surface area contributed by atoms with Crippen molar-refractivity contribution in [2.45, 2.75) is 83.8 Å². The zero-order valence-electron chi connectivity index (χ0n) is 17.3. The summed E-state index contributed by atoms with van der Waals surface area (Å²) >= 11 is 0. The SMILES string of the molecule is CCNC(=NCCCN1CCCCCC1=O)NC1CC(OCC)C12CCC2. The van der Waals surface area contributed by atoms with Crippen molar-refractivity contribution in [3.05, 3.63) is 0 Å². The number of nitrogens with zero attached hydrogens (tertiary/aromatic N) is 2. The number of likely N-dealkylation sites (tertiary alicyclic amines) is 1. The van der Waals surface area contributed by atoms with Gasteiger partial charge in [-0.05, 0) is 52.4 Å². The van der Waals surface area contributed by atoms with E-state index in [0.29, 0.717) is 23.5 Å². The molecule has 154 valence electrons. The summed E-state index contributed by atoms with van der Waals surface area (Å²) in [6.45, 7) is 8.39. The third kappa shape index (κ3) is 4.76.